The molecule has 0 spiro atoms. The maximum Gasteiger partial charge on any atom is 0.326 e. The molecule has 1 fully saturated rings. The van der Waals surface area contributed by atoms with Crippen molar-refractivity contribution in [1.29, 1.82) is 0 Å². The largest absolute Gasteiger partial charge is 0.480 e. The van der Waals surface area contributed by atoms with Crippen LogP contribution in [0.5, 0.6) is 0 Å². The highest BCUT2D eigenvalue weighted by Crippen LogP contribution is 2.27. The van der Waals surface area contributed by atoms with E-state index in [1.807, 2.05) is 20.8 Å². The monoisotopic (exact) mass is 256 g/mol. The molecule has 0 bridgehead atoms. The number of aliphatic carboxylic acids is 1. The Balaban J connectivity index is 2.98. The lowest BCUT2D eigenvalue weighted by atomic mass is 9.86. The SMILES string of the molecule is CCC(N)(CC)C(=O)N1CCCC(C)C1C(=O)O. The Morgan fingerprint density at radius 3 is 2.39 bits per heavy atom. The number of carboxylic acids is 1. The zero-order valence-corrected chi connectivity index (χ0v) is 11.5. The summed E-state index contributed by atoms with van der Waals surface area (Å²) in [6, 6.07) is -0.729. The average molecular weight is 256 g/mol. The van der Waals surface area contributed by atoms with E-state index in [0.717, 1.165) is 12.8 Å². The number of carbonyl (C=O) groups is 2. The quantitative estimate of drug-likeness (QED) is 0.792. The lowest BCUT2D eigenvalue weighted by Crippen LogP contribution is -2.61. The number of hydrogen-bond acceptors (Lipinski definition) is 3. The standard InChI is InChI=1S/C13H24N2O3/c1-4-13(14,5-2)12(18)15-8-6-7-9(3)10(15)11(16)17/h9-10H,4-8,14H2,1-3H3,(H,16,17). The average Bonchev–Trinajstić information content (AvgIpc) is 2.36. The summed E-state index contributed by atoms with van der Waals surface area (Å²) < 4.78 is 0. The Labute approximate surface area is 108 Å². The molecule has 1 amide bonds. The van der Waals surface area contributed by atoms with Gasteiger partial charge in [0.2, 0.25) is 5.91 Å². The molecule has 2 atom stereocenters. The van der Waals surface area contributed by atoms with Gasteiger partial charge >= 0.3 is 5.97 Å². The van der Waals surface area contributed by atoms with Crippen molar-refractivity contribution in [3.63, 3.8) is 0 Å². The van der Waals surface area contributed by atoms with E-state index in [-0.39, 0.29) is 11.8 Å². The number of rotatable bonds is 4. The Kier molecular flexibility index (Phi) is 4.73. The molecule has 1 rings (SSSR count). The maximum absolute atomic E-state index is 12.5. The Morgan fingerprint density at radius 1 is 1.39 bits per heavy atom. The molecule has 5 heteroatoms. The predicted molar refractivity (Wildman–Crippen MR) is 69.0 cm³/mol. The molecule has 1 aliphatic rings. The van der Waals surface area contributed by atoms with E-state index >= 15 is 0 Å². The molecule has 0 saturated carbocycles. The van der Waals surface area contributed by atoms with Crippen LogP contribution in [-0.4, -0.2) is 40.0 Å². The third kappa shape index (κ3) is 2.66. The molecule has 0 aromatic heterocycles. The van der Waals surface area contributed by atoms with E-state index < -0.39 is 17.6 Å². The van der Waals surface area contributed by atoms with Crippen molar-refractivity contribution in [2.75, 3.05) is 6.54 Å². The fraction of sp³-hybridized carbons (Fsp3) is 0.846. The van der Waals surface area contributed by atoms with Crippen LogP contribution in [0.15, 0.2) is 0 Å². The first-order valence-electron chi connectivity index (χ1n) is 6.70. The van der Waals surface area contributed by atoms with Gasteiger partial charge in [0.25, 0.3) is 0 Å². The molecule has 1 heterocycles. The van der Waals surface area contributed by atoms with Crippen molar-refractivity contribution in [1.82, 2.24) is 4.90 Å². The fourth-order valence-electron chi connectivity index (χ4n) is 2.63. The van der Waals surface area contributed by atoms with Gasteiger partial charge in [-0.3, -0.25) is 4.79 Å². The van der Waals surface area contributed by atoms with Gasteiger partial charge < -0.3 is 15.7 Å². The number of carbonyl (C=O) groups excluding carboxylic acids is 1. The van der Waals surface area contributed by atoms with Gasteiger partial charge in [0.05, 0.1) is 5.54 Å². The summed E-state index contributed by atoms with van der Waals surface area (Å²) in [6.07, 6.45) is 2.75. The van der Waals surface area contributed by atoms with Gasteiger partial charge in [0, 0.05) is 6.54 Å². The second-order valence-electron chi connectivity index (χ2n) is 5.26. The van der Waals surface area contributed by atoms with Crippen LogP contribution in [0, 0.1) is 5.92 Å². The molecule has 2 unspecified atom stereocenters. The molecule has 3 N–H and O–H groups in total. The van der Waals surface area contributed by atoms with Crippen molar-refractivity contribution in [2.24, 2.45) is 11.7 Å². The highest BCUT2D eigenvalue weighted by molar-refractivity contribution is 5.90. The van der Waals surface area contributed by atoms with Crippen molar-refractivity contribution in [2.45, 2.75) is 58.0 Å². The van der Waals surface area contributed by atoms with E-state index in [1.54, 1.807) is 0 Å². The minimum atomic E-state index is -0.926. The number of nitrogens with zero attached hydrogens (tertiary/aromatic N) is 1. The zero-order valence-electron chi connectivity index (χ0n) is 11.5. The zero-order chi connectivity index (χ0) is 13.9. The van der Waals surface area contributed by atoms with Crippen LogP contribution in [0.2, 0.25) is 0 Å². The van der Waals surface area contributed by atoms with Gasteiger partial charge in [0.15, 0.2) is 0 Å². The first-order valence-corrected chi connectivity index (χ1v) is 6.70. The normalized spacial score (nSPS) is 25.0. The van der Waals surface area contributed by atoms with Crippen LogP contribution in [-0.2, 0) is 9.59 Å². The lowest BCUT2D eigenvalue weighted by molar-refractivity contribution is -0.157. The van der Waals surface area contributed by atoms with Crippen LogP contribution in [0.25, 0.3) is 0 Å². The predicted octanol–water partition coefficient (Wildman–Crippen LogP) is 1.22. The van der Waals surface area contributed by atoms with E-state index in [4.69, 9.17) is 5.73 Å². The molecule has 18 heavy (non-hydrogen) atoms. The van der Waals surface area contributed by atoms with E-state index in [0.29, 0.717) is 19.4 Å². The molecule has 0 radical (unpaired) electrons. The Bertz CT molecular complexity index is 326. The molecule has 5 nitrogen and oxygen atoms in total. The summed E-state index contributed by atoms with van der Waals surface area (Å²) >= 11 is 0. The summed E-state index contributed by atoms with van der Waals surface area (Å²) in [5.41, 5.74) is 5.17. The van der Waals surface area contributed by atoms with Crippen LogP contribution in [0.1, 0.15) is 46.5 Å². The second kappa shape index (κ2) is 5.69. The second-order valence-corrected chi connectivity index (χ2v) is 5.26. The number of likely N-dealkylation sites (tertiary alicyclic amines) is 1. The van der Waals surface area contributed by atoms with Gasteiger partial charge in [-0.15, -0.1) is 0 Å². The molecular weight excluding hydrogens is 232 g/mol. The van der Waals surface area contributed by atoms with Crippen molar-refractivity contribution in [3.05, 3.63) is 0 Å². The van der Waals surface area contributed by atoms with Gasteiger partial charge in [-0.25, -0.2) is 4.79 Å². The van der Waals surface area contributed by atoms with Crippen molar-refractivity contribution < 1.29 is 14.7 Å². The third-order valence-electron chi connectivity index (χ3n) is 4.13. The van der Waals surface area contributed by atoms with E-state index in [1.165, 1.54) is 4.90 Å². The van der Waals surface area contributed by atoms with Crippen LogP contribution in [0.4, 0.5) is 0 Å². The van der Waals surface area contributed by atoms with Gasteiger partial charge in [-0.1, -0.05) is 20.8 Å². The first kappa shape index (κ1) is 15.0. The molecule has 0 aromatic carbocycles. The van der Waals surface area contributed by atoms with Crippen molar-refractivity contribution in [3.8, 4) is 0 Å². The minimum absolute atomic E-state index is 0.0156. The molecular formula is C13H24N2O3. The number of hydrogen-bond donors (Lipinski definition) is 2. The molecule has 0 aliphatic carbocycles. The van der Waals surface area contributed by atoms with Crippen molar-refractivity contribution >= 4 is 11.9 Å². The summed E-state index contributed by atoms with van der Waals surface area (Å²) in [7, 11) is 0. The smallest absolute Gasteiger partial charge is 0.326 e. The molecule has 104 valence electrons. The van der Waals surface area contributed by atoms with Crippen LogP contribution in [0.3, 0.4) is 0 Å². The third-order valence-corrected chi connectivity index (χ3v) is 4.13. The maximum atomic E-state index is 12.5. The fourth-order valence-corrected chi connectivity index (χ4v) is 2.63. The Hall–Kier alpha value is -1.10. The lowest BCUT2D eigenvalue weighted by Gasteiger charge is -2.41. The molecule has 1 aliphatic heterocycles. The van der Waals surface area contributed by atoms with E-state index in [9.17, 15) is 14.7 Å². The number of piperidine rings is 1. The summed E-state index contributed by atoms with van der Waals surface area (Å²) in [5.74, 6) is -1.16. The number of carboxylic acid groups (broad SMARTS) is 1. The van der Waals surface area contributed by atoms with Gasteiger partial charge in [-0.2, -0.15) is 0 Å². The van der Waals surface area contributed by atoms with Crippen LogP contribution >= 0.6 is 0 Å². The topological polar surface area (TPSA) is 83.6 Å². The summed E-state index contributed by atoms with van der Waals surface area (Å²) in [4.78, 5) is 25.3. The van der Waals surface area contributed by atoms with Gasteiger partial charge in [0.1, 0.15) is 6.04 Å². The first-order chi connectivity index (χ1) is 8.37. The highest BCUT2D eigenvalue weighted by atomic mass is 16.4. The minimum Gasteiger partial charge on any atom is -0.480 e. The summed E-state index contributed by atoms with van der Waals surface area (Å²) in [5, 5.41) is 9.30. The van der Waals surface area contributed by atoms with Crippen LogP contribution < -0.4 is 5.73 Å². The van der Waals surface area contributed by atoms with E-state index in [2.05, 4.69) is 0 Å². The van der Waals surface area contributed by atoms with Gasteiger partial charge in [-0.05, 0) is 31.6 Å². The summed E-state index contributed by atoms with van der Waals surface area (Å²) in [6.45, 7) is 6.11. The highest BCUT2D eigenvalue weighted by Gasteiger charge is 2.43. The molecule has 1 saturated heterocycles. The Morgan fingerprint density at radius 2 is 1.94 bits per heavy atom. The number of nitrogens with two attached hydrogens (primary N) is 1. The molecule has 0 aromatic rings. The number of amides is 1.